The molecule has 2 aliphatic rings. The van der Waals surface area contributed by atoms with Gasteiger partial charge in [-0.2, -0.15) is 0 Å². The van der Waals surface area contributed by atoms with Crippen LogP contribution in [0.3, 0.4) is 0 Å². The smallest absolute Gasteiger partial charge is 0.311 e. The third kappa shape index (κ3) is 12.1. The molecule has 8 atom stereocenters. The average molecular weight is 618 g/mol. The van der Waals surface area contributed by atoms with E-state index in [0.29, 0.717) is 38.1 Å². The summed E-state index contributed by atoms with van der Waals surface area (Å²) in [6, 6.07) is 0. The van der Waals surface area contributed by atoms with E-state index in [1.807, 2.05) is 20.8 Å². The molecule has 44 heavy (non-hydrogen) atoms. The number of carbonyl (C=O) groups is 3. The van der Waals surface area contributed by atoms with Crippen LogP contribution in [0, 0.1) is 40.4 Å². The highest BCUT2D eigenvalue weighted by molar-refractivity contribution is 5.86. The molecule has 0 saturated carbocycles. The van der Waals surface area contributed by atoms with Crippen LogP contribution < -0.4 is 11.1 Å². The van der Waals surface area contributed by atoms with Crippen LogP contribution in [0.5, 0.6) is 0 Å². The predicted octanol–water partition coefficient (Wildman–Crippen LogP) is 5.23. The van der Waals surface area contributed by atoms with Crippen molar-refractivity contribution in [2.75, 3.05) is 6.54 Å². The lowest BCUT2D eigenvalue weighted by atomic mass is 9.65. The van der Waals surface area contributed by atoms with Gasteiger partial charge in [-0.05, 0) is 82.1 Å². The van der Waals surface area contributed by atoms with E-state index in [1.54, 1.807) is 6.92 Å². The number of carbonyl (C=O) groups excluding carboxylic acids is 3. The van der Waals surface area contributed by atoms with E-state index in [1.165, 1.54) is 5.57 Å². The first-order valence-electron chi connectivity index (χ1n) is 16.7. The van der Waals surface area contributed by atoms with Crippen LogP contribution >= 0.6 is 0 Å². The Kier molecular flexibility index (Phi) is 15.3. The predicted molar refractivity (Wildman–Crippen MR) is 174 cm³/mol. The third-order valence-electron chi connectivity index (χ3n) is 9.53. The molecule has 0 radical (unpaired) electrons. The second kappa shape index (κ2) is 17.8. The number of esters is 1. The number of hydrogen-bond acceptors (Lipinski definition) is 7. The van der Waals surface area contributed by atoms with Crippen molar-refractivity contribution < 1.29 is 29.3 Å². The van der Waals surface area contributed by atoms with Crippen molar-refractivity contribution in [2.45, 2.75) is 130 Å². The van der Waals surface area contributed by atoms with Crippen LogP contribution in [-0.4, -0.2) is 58.6 Å². The number of hydrogen-bond donors (Lipinski definition) is 5. The van der Waals surface area contributed by atoms with E-state index in [0.717, 1.165) is 25.7 Å². The molecule has 250 valence electrons. The molecular weight excluding hydrogens is 558 g/mol. The van der Waals surface area contributed by atoms with Crippen molar-refractivity contribution in [3.8, 4) is 0 Å². The normalized spacial score (nSPS) is 25.3. The molecule has 9 nitrogen and oxygen atoms in total. The number of Topliss-reactive ketones (excluding diaryl/α,β-unsaturated/α-hetero) is 1. The summed E-state index contributed by atoms with van der Waals surface area (Å²) in [4.78, 5) is 37.9. The summed E-state index contributed by atoms with van der Waals surface area (Å²) in [5.74, 6) is -0.0904. The number of unbranched alkanes of at least 4 members (excludes halogenated alkanes) is 2. The fourth-order valence-corrected chi connectivity index (χ4v) is 6.35. The summed E-state index contributed by atoms with van der Waals surface area (Å²) < 4.78 is 6.18. The Morgan fingerprint density at radius 2 is 1.84 bits per heavy atom. The van der Waals surface area contributed by atoms with Gasteiger partial charge in [0.05, 0.1) is 23.5 Å². The molecule has 0 spiro atoms. The van der Waals surface area contributed by atoms with Gasteiger partial charge in [-0.25, -0.2) is 0 Å². The zero-order valence-electron chi connectivity index (χ0n) is 27.9. The summed E-state index contributed by atoms with van der Waals surface area (Å²) in [5.41, 5.74) is 6.00. The highest BCUT2D eigenvalue weighted by atomic mass is 16.5. The summed E-state index contributed by atoms with van der Waals surface area (Å²) in [6.07, 6.45) is 10.4. The lowest BCUT2D eigenvalue weighted by Crippen LogP contribution is -2.43. The Balaban J connectivity index is 1.84. The zero-order valence-corrected chi connectivity index (χ0v) is 27.9. The van der Waals surface area contributed by atoms with Crippen molar-refractivity contribution in [3.63, 3.8) is 0 Å². The molecule has 0 aromatic carbocycles. The monoisotopic (exact) mass is 617 g/mol. The van der Waals surface area contributed by atoms with Crippen molar-refractivity contribution in [2.24, 2.45) is 40.7 Å². The lowest BCUT2D eigenvalue weighted by molar-refractivity contribution is -0.164. The fourth-order valence-electron chi connectivity index (χ4n) is 6.35. The van der Waals surface area contributed by atoms with Gasteiger partial charge in [-0.15, -0.1) is 0 Å². The second-order valence-electron chi connectivity index (χ2n) is 14.1. The van der Waals surface area contributed by atoms with Crippen molar-refractivity contribution in [1.29, 1.82) is 5.41 Å². The number of ketones is 1. The van der Waals surface area contributed by atoms with Gasteiger partial charge in [0.25, 0.3) is 0 Å². The van der Waals surface area contributed by atoms with Crippen LogP contribution in [-0.2, 0) is 19.1 Å². The number of amides is 1. The quantitative estimate of drug-likeness (QED) is 0.0574. The number of fused-ring (bicyclic) bond motifs is 1. The van der Waals surface area contributed by atoms with Gasteiger partial charge in [0.15, 0.2) is 0 Å². The number of allylic oxidation sites excluding steroid dienone is 3. The number of aliphatic hydroxyl groups excluding tert-OH is 2. The molecule has 0 saturated heterocycles. The number of amidine groups is 1. The number of nitrogens with two attached hydrogens (primary N) is 1. The molecule has 0 unspecified atom stereocenters. The van der Waals surface area contributed by atoms with E-state index in [2.05, 4.69) is 37.4 Å². The van der Waals surface area contributed by atoms with Crippen molar-refractivity contribution >= 4 is 23.5 Å². The van der Waals surface area contributed by atoms with Crippen LogP contribution in [0.2, 0.25) is 0 Å². The number of nitrogens with one attached hydrogen (secondary N) is 2. The minimum Gasteiger partial charge on any atom is -0.461 e. The molecule has 0 bridgehead atoms. The van der Waals surface area contributed by atoms with Gasteiger partial charge < -0.3 is 26.0 Å². The largest absolute Gasteiger partial charge is 0.461 e. The molecule has 1 amide bonds. The number of rotatable bonds is 19. The first kappa shape index (κ1) is 37.7. The molecule has 9 heteroatoms. The molecule has 0 fully saturated rings. The van der Waals surface area contributed by atoms with Crippen LogP contribution in [0.15, 0.2) is 23.8 Å². The molecular formula is C35H59N3O6. The standard InChI is InChI=1S/C35H59N3O6/c1-7-35(5,6)34(43)44-30-18-22(2)17-25-13-12-23(3)29(32(25)30)15-14-26(39)20-28(41)21-27(40)19-24(4)33(42)38-16-10-8-9-11-31(36)37/h12-13,17,22-24,26,28-30,32,39,41H,7-11,14-16,18-21H2,1-6H3,(H3,36,37)(H,38,42)/t22-,23-,24+,26+,28+,29-,30-,32-/m0/s1. The Labute approximate surface area is 265 Å². The van der Waals surface area contributed by atoms with E-state index in [9.17, 15) is 24.6 Å². The summed E-state index contributed by atoms with van der Waals surface area (Å²) in [7, 11) is 0. The van der Waals surface area contributed by atoms with Gasteiger partial charge in [0, 0.05) is 37.6 Å². The molecule has 0 aromatic rings. The van der Waals surface area contributed by atoms with Gasteiger partial charge in [0.1, 0.15) is 11.9 Å². The first-order valence-corrected chi connectivity index (χ1v) is 16.7. The van der Waals surface area contributed by atoms with E-state index in [4.69, 9.17) is 15.9 Å². The number of aliphatic hydroxyl groups is 2. The molecule has 0 heterocycles. The Hall–Kier alpha value is -2.52. The highest BCUT2D eigenvalue weighted by Crippen LogP contribution is 2.45. The van der Waals surface area contributed by atoms with Crippen molar-refractivity contribution in [3.05, 3.63) is 23.8 Å². The average Bonchev–Trinajstić information content (AvgIpc) is 2.93. The van der Waals surface area contributed by atoms with E-state index in [-0.39, 0.29) is 66.6 Å². The second-order valence-corrected chi connectivity index (χ2v) is 14.1. The topological polar surface area (TPSA) is 163 Å². The lowest BCUT2D eigenvalue weighted by Gasteiger charge is -2.44. The molecule has 0 aliphatic heterocycles. The Morgan fingerprint density at radius 1 is 1.14 bits per heavy atom. The van der Waals surface area contributed by atoms with E-state index >= 15 is 0 Å². The zero-order chi connectivity index (χ0) is 33.0. The van der Waals surface area contributed by atoms with E-state index < -0.39 is 23.5 Å². The molecule has 2 rings (SSSR count). The van der Waals surface area contributed by atoms with Gasteiger partial charge in [0.2, 0.25) is 5.91 Å². The summed E-state index contributed by atoms with van der Waals surface area (Å²) in [6.45, 7) is 12.4. The molecule has 0 aromatic heterocycles. The van der Waals surface area contributed by atoms with Gasteiger partial charge in [-0.1, -0.05) is 52.3 Å². The number of ether oxygens (including phenoxy) is 1. The van der Waals surface area contributed by atoms with Gasteiger partial charge in [-0.3, -0.25) is 19.8 Å². The van der Waals surface area contributed by atoms with Crippen LogP contribution in [0.25, 0.3) is 0 Å². The maximum atomic E-state index is 13.0. The Morgan fingerprint density at radius 3 is 2.50 bits per heavy atom. The molecule has 2 aliphatic carbocycles. The minimum atomic E-state index is -0.978. The minimum absolute atomic E-state index is 0.0411. The van der Waals surface area contributed by atoms with Crippen LogP contribution in [0.1, 0.15) is 112 Å². The highest BCUT2D eigenvalue weighted by Gasteiger charge is 2.43. The summed E-state index contributed by atoms with van der Waals surface area (Å²) in [5, 5.41) is 31.5. The van der Waals surface area contributed by atoms with Crippen molar-refractivity contribution in [1.82, 2.24) is 5.32 Å². The van der Waals surface area contributed by atoms with Gasteiger partial charge >= 0.3 is 5.97 Å². The first-order chi connectivity index (χ1) is 20.6. The maximum Gasteiger partial charge on any atom is 0.311 e. The Bertz CT molecular complexity index is 1040. The van der Waals surface area contributed by atoms with Crippen LogP contribution in [0.4, 0.5) is 0 Å². The summed E-state index contributed by atoms with van der Waals surface area (Å²) >= 11 is 0. The third-order valence-corrected chi connectivity index (χ3v) is 9.53. The SMILES string of the molecule is CCC(C)(C)C(=O)O[C@H]1C[C@@H](C)C=C2C=C[C@H](C)[C@H](CC[C@@H](O)C[C@@H](O)CC(=O)C[C@@H](C)C(=O)NCCCCCC(=N)N)[C@H]21. The molecule has 6 N–H and O–H groups in total. The maximum absolute atomic E-state index is 13.0. The fraction of sp³-hybridized carbons (Fsp3) is 0.771.